The molecule has 1 aromatic rings. The molecule has 0 radical (unpaired) electrons. The summed E-state index contributed by atoms with van der Waals surface area (Å²) in [7, 11) is 0. The van der Waals surface area contributed by atoms with E-state index < -0.39 is 0 Å². The fraction of sp³-hybridized carbons (Fsp3) is 0.571. The zero-order valence-corrected chi connectivity index (χ0v) is 16.3. The number of rotatable bonds is 5. The average molecular weight is 333 g/mol. The lowest BCUT2D eigenvalue weighted by molar-refractivity contribution is -0.127. The Bertz CT molecular complexity index is 463. The lowest BCUT2D eigenvalue weighted by atomic mass is 9.88. The van der Waals surface area contributed by atoms with Gasteiger partial charge in [0.1, 0.15) is 0 Å². The van der Waals surface area contributed by atoms with Crippen molar-refractivity contribution in [1.82, 2.24) is 10.2 Å². The minimum absolute atomic E-state index is 0.0596. The molecule has 1 heterocycles. The van der Waals surface area contributed by atoms with Crippen LogP contribution in [-0.4, -0.2) is 30.4 Å². The predicted molar refractivity (Wildman–Crippen MR) is 105 cm³/mol. The molecule has 3 heteroatoms. The molecule has 1 fully saturated rings. The molecule has 1 saturated heterocycles. The first kappa shape index (κ1) is 22.4. The second kappa shape index (κ2) is 13.8. The summed E-state index contributed by atoms with van der Waals surface area (Å²) in [5.41, 5.74) is 2.75. The van der Waals surface area contributed by atoms with Gasteiger partial charge in [-0.2, -0.15) is 0 Å². The molecule has 3 nitrogen and oxygen atoms in total. The minimum Gasteiger partial charge on any atom is -0.339 e. The van der Waals surface area contributed by atoms with E-state index in [0.29, 0.717) is 5.92 Å². The van der Waals surface area contributed by atoms with Crippen molar-refractivity contribution in [3.63, 3.8) is 0 Å². The SMILES string of the molecule is C=CC(=O)N1CCC(c2cccc(CNCC)c2)CC1.CC.CC. The van der Waals surface area contributed by atoms with Gasteiger partial charge >= 0.3 is 0 Å². The van der Waals surface area contributed by atoms with E-state index in [1.54, 1.807) is 0 Å². The zero-order valence-electron chi connectivity index (χ0n) is 16.3. The monoisotopic (exact) mass is 332 g/mol. The number of piperidine rings is 1. The van der Waals surface area contributed by atoms with E-state index in [4.69, 9.17) is 0 Å². The van der Waals surface area contributed by atoms with E-state index in [0.717, 1.165) is 39.0 Å². The van der Waals surface area contributed by atoms with Crippen LogP contribution in [0.15, 0.2) is 36.9 Å². The van der Waals surface area contributed by atoms with Gasteiger partial charge in [-0.15, -0.1) is 0 Å². The van der Waals surface area contributed by atoms with Crippen LogP contribution in [0.3, 0.4) is 0 Å². The molecule has 0 bridgehead atoms. The van der Waals surface area contributed by atoms with Gasteiger partial charge < -0.3 is 10.2 Å². The molecule has 1 aromatic carbocycles. The zero-order chi connectivity index (χ0) is 18.4. The van der Waals surface area contributed by atoms with E-state index in [-0.39, 0.29) is 5.91 Å². The lowest BCUT2D eigenvalue weighted by Crippen LogP contribution is -2.36. The maximum atomic E-state index is 11.6. The third kappa shape index (κ3) is 7.31. The number of nitrogens with zero attached hydrogens (tertiary/aromatic N) is 1. The predicted octanol–water partition coefficient (Wildman–Crippen LogP) is 4.74. The first-order chi connectivity index (χ1) is 11.7. The fourth-order valence-corrected chi connectivity index (χ4v) is 2.79. The second-order valence-electron chi connectivity index (χ2n) is 5.33. The summed E-state index contributed by atoms with van der Waals surface area (Å²) in [6.45, 7) is 17.3. The molecule has 2 rings (SSSR count). The topological polar surface area (TPSA) is 32.3 Å². The van der Waals surface area contributed by atoms with Crippen molar-refractivity contribution >= 4 is 5.91 Å². The quantitative estimate of drug-likeness (QED) is 0.790. The molecule has 0 aliphatic carbocycles. The highest BCUT2D eigenvalue weighted by Gasteiger charge is 2.22. The summed E-state index contributed by atoms with van der Waals surface area (Å²) in [6.07, 6.45) is 3.51. The Morgan fingerprint density at radius 1 is 1.25 bits per heavy atom. The van der Waals surface area contributed by atoms with Crippen molar-refractivity contribution in [3.8, 4) is 0 Å². The largest absolute Gasteiger partial charge is 0.339 e. The van der Waals surface area contributed by atoms with Gasteiger partial charge in [-0.05, 0) is 42.5 Å². The Kier molecular flexibility index (Phi) is 12.9. The highest BCUT2D eigenvalue weighted by molar-refractivity contribution is 5.87. The summed E-state index contributed by atoms with van der Waals surface area (Å²) >= 11 is 0. The van der Waals surface area contributed by atoms with Crippen molar-refractivity contribution in [2.45, 2.75) is 59.9 Å². The Morgan fingerprint density at radius 3 is 2.42 bits per heavy atom. The van der Waals surface area contributed by atoms with Crippen molar-refractivity contribution in [3.05, 3.63) is 48.0 Å². The maximum absolute atomic E-state index is 11.6. The molecule has 0 spiro atoms. The van der Waals surface area contributed by atoms with Gasteiger partial charge in [-0.25, -0.2) is 0 Å². The second-order valence-corrected chi connectivity index (χ2v) is 5.33. The summed E-state index contributed by atoms with van der Waals surface area (Å²) < 4.78 is 0. The number of hydrogen-bond donors (Lipinski definition) is 1. The van der Waals surface area contributed by atoms with Crippen LogP contribution in [0, 0.1) is 0 Å². The van der Waals surface area contributed by atoms with Crippen LogP contribution in [-0.2, 0) is 11.3 Å². The van der Waals surface area contributed by atoms with Crippen molar-refractivity contribution in [2.24, 2.45) is 0 Å². The van der Waals surface area contributed by atoms with Crippen LogP contribution in [0.5, 0.6) is 0 Å². The number of nitrogens with one attached hydrogen (secondary N) is 1. The van der Waals surface area contributed by atoms with Gasteiger partial charge in [0.25, 0.3) is 0 Å². The molecule has 1 amide bonds. The summed E-state index contributed by atoms with van der Waals surface area (Å²) in [4.78, 5) is 13.5. The fourth-order valence-electron chi connectivity index (χ4n) is 2.79. The van der Waals surface area contributed by atoms with Gasteiger partial charge in [0, 0.05) is 19.6 Å². The molecule has 0 atom stereocenters. The molecule has 24 heavy (non-hydrogen) atoms. The van der Waals surface area contributed by atoms with Crippen LogP contribution >= 0.6 is 0 Å². The maximum Gasteiger partial charge on any atom is 0.245 e. The van der Waals surface area contributed by atoms with E-state index in [9.17, 15) is 4.79 Å². The average Bonchev–Trinajstić information content (AvgIpc) is 2.69. The number of hydrogen-bond acceptors (Lipinski definition) is 2. The Hall–Kier alpha value is -1.61. The number of carbonyl (C=O) groups excluding carboxylic acids is 1. The third-order valence-electron chi connectivity index (χ3n) is 3.98. The minimum atomic E-state index is 0.0596. The Labute approximate surface area is 149 Å². The van der Waals surface area contributed by atoms with Crippen LogP contribution in [0.2, 0.25) is 0 Å². The van der Waals surface area contributed by atoms with E-state index in [2.05, 4.69) is 43.1 Å². The van der Waals surface area contributed by atoms with E-state index in [1.807, 2.05) is 32.6 Å². The van der Waals surface area contributed by atoms with Crippen LogP contribution in [0.1, 0.15) is 64.5 Å². The molecule has 0 unspecified atom stereocenters. The Morgan fingerprint density at radius 2 is 1.88 bits per heavy atom. The summed E-state index contributed by atoms with van der Waals surface area (Å²) in [5.74, 6) is 0.634. The molecular formula is C21H36N2O. The highest BCUT2D eigenvalue weighted by atomic mass is 16.2. The van der Waals surface area contributed by atoms with Crippen molar-refractivity contribution < 1.29 is 4.79 Å². The number of benzene rings is 1. The third-order valence-corrected chi connectivity index (χ3v) is 3.98. The molecule has 0 aromatic heterocycles. The molecule has 136 valence electrons. The number of likely N-dealkylation sites (tertiary alicyclic amines) is 1. The first-order valence-electron chi connectivity index (χ1n) is 9.45. The molecule has 0 saturated carbocycles. The van der Waals surface area contributed by atoms with Gasteiger partial charge in [-0.1, -0.05) is 65.5 Å². The Balaban J connectivity index is 0.00000123. The van der Waals surface area contributed by atoms with E-state index >= 15 is 0 Å². The summed E-state index contributed by atoms with van der Waals surface area (Å²) in [5, 5.41) is 3.36. The van der Waals surface area contributed by atoms with Crippen LogP contribution in [0.25, 0.3) is 0 Å². The summed E-state index contributed by atoms with van der Waals surface area (Å²) in [6, 6.07) is 8.83. The van der Waals surface area contributed by atoms with Crippen molar-refractivity contribution in [2.75, 3.05) is 19.6 Å². The molecule has 1 N–H and O–H groups in total. The molecule has 1 aliphatic rings. The van der Waals surface area contributed by atoms with Crippen molar-refractivity contribution in [1.29, 1.82) is 0 Å². The highest BCUT2D eigenvalue weighted by Crippen LogP contribution is 2.28. The molecule has 1 aliphatic heterocycles. The normalized spacial score (nSPS) is 14.0. The number of amides is 1. The van der Waals surface area contributed by atoms with Gasteiger partial charge in [0.2, 0.25) is 5.91 Å². The standard InChI is InChI=1S/C17H24N2O.2C2H6/c1-3-17(20)19-10-8-15(9-11-19)16-7-5-6-14(12-16)13-18-4-2;2*1-2/h3,5-7,12,15,18H,1,4,8-11,13H2,2H3;2*1-2H3. The first-order valence-corrected chi connectivity index (χ1v) is 9.45. The lowest BCUT2D eigenvalue weighted by Gasteiger charge is -2.31. The van der Waals surface area contributed by atoms with Gasteiger partial charge in [0.05, 0.1) is 0 Å². The van der Waals surface area contributed by atoms with Gasteiger partial charge in [0.15, 0.2) is 0 Å². The van der Waals surface area contributed by atoms with Crippen LogP contribution in [0.4, 0.5) is 0 Å². The van der Waals surface area contributed by atoms with Crippen LogP contribution < -0.4 is 5.32 Å². The number of carbonyl (C=O) groups is 1. The molecular weight excluding hydrogens is 296 g/mol. The van der Waals surface area contributed by atoms with E-state index in [1.165, 1.54) is 17.2 Å². The smallest absolute Gasteiger partial charge is 0.245 e. The van der Waals surface area contributed by atoms with Gasteiger partial charge in [-0.3, -0.25) is 4.79 Å².